The van der Waals surface area contributed by atoms with Gasteiger partial charge in [-0.05, 0) is 19.1 Å². The first-order valence-corrected chi connectivity index (χ1v) is 7.83. The maximum Gasteiger partial charge on any atom is 0.269 e. The van der Waals surface area contributed by atoms with Gasteiger partial charge in [0.05, 0.1) is 6.61 Å². The number of hydrogen-bond acceptors (Lipinski definition) is 4. The van der Waals surface area contributed by atoms with Gasteiger partial charge in [0.25, 0.3) is 5.91 Å². The average molecular weight is 294 g/mol. The highest BCUT2D eigenvalue weighted by Gasteiger charge is 2.10. The lowest BCUT2D eigenvalue weighted by Crippen LogP contribution is -2.33. The summed E-state index contributed by atoms with van der Waals surface area (Å²) in [5, 5.41) is 11.2. The lowest BCUT2D eigenvalue weighted by Gasteiger charge is -2.09. The Morgan fingerprint density at radius 3 is 2.85 bits per heavy atom. The van der Waals surface area contributed by atoms with Gasteiger partial charge in [-0.2, -0.15) is 0 Å². The number of carbonyl (C=O) groups excluding carboxylic acids is 1. The van der Waals surface area contributed by atoms with Crippen molar-refractivity contribution in [3.8, 4) is 11.8 Å². The van der Waals surface area contributed by atoms with Crippen LogP contribution in [0, 0.1) is 11.8 Å². The Morgan fingerprint density at radius 1 is 1.55 bits per heavy atom. The molecular weight excluding hydrogens is 276 g/mol. The number of amides is 1. The zero-order chi connectivity index (χ0) is 15.0. The highest BCUT2D eigenvalue weighted by Crippen LogP contribution is 2.00. The van der Waals surface area contributed by atoms with E-state index >= 15 is 0 Å². The number of aliphatic hydroxyl groups is 1. The molecule has 108 valence electrons. The molecule has 20 heavy (non-hydrogen) atoms. The van der Waals surface area contributed by atoms with Gasteiger partial charge in [-0.1, -0.05) is 11.8 Å². The van der Waals surface area contributed by atoms with Crippen LogP contribution in [0.5, 0.6) is 0 Å². The Balaban J connectivity index is 2.58. The monoisotopic (exact) mass is 294 g/mol. The molecular formula is C14H18N2O3S. The van der Waals surface area contributed by atoms with Gasteiger partial charge < -0.3 is 10.4 Å². The van der Waals surface area contributed by atoms with E-state index in [0.717, 1.165) is 0 Å². The first-order valence-electron chi connectivity index (χ1n) is 6.20. The third-order valence-electron chi connectivity index (χ3n) is 2.58. The smallest absolute Gasteiger partial charge is 0.269 e. The summed E-state index contributed by atoms with van der Waals surface area (Å²) in [5.41, 5.74) is 0.991. The minimum absolute atomic E-state index is 0.0257. The van der Waals surface area contributed by atoms with Gasteiger partial charge in [-0.3, -0.25) is 9.00 Å². The van der Waals surface area contributed by atoms with E-state index in [4.69, 9.17) is 5.11 Å². The van der Waals surface area contributed by atoms with Crippen LogP contribution in [0.15, 0.2) is 18.3 Å². The number of nitrogens with one attached hydrogen (secondary N) is 1. The van der Waals surface area contributed by atoms with E-state index in [2.05, 4.69) is 22.1 Å². The molecule has 0 saturated carbocycles. The summed E-state index contributed by atoms with van der Waals surface area (Å²) in [6.45, 7) is 2.18. The first kappa shape index (κ1) is 16.3. The van der Waals surface area contributed by atoms with Gasteiger partial charge in [0.1, 0.15) is 5.69 Å². The number of carbonyl (C=O) groups is 1. The van der Waals surface area contributed by atoms with Gasteiger partial charge in [0.2, 0.25) is 0 Å². The van der Waals surface area contributed by atoms with Crippen LogP contribution >= 0.6 is 0 Å². The largest absolute Gasteiger partial charge is 0.395 e. The second kappa shape index (κ2) is 8.46. The Morgan fingerprint density at radius 2 is 2.30 bits per heavy atom. The van der Waals surface area contributed by atoms with Crippen LogP contribution in [-0.2, 0) is 10.8 Å². The molecule has 0 bridgehead atoms. The highest BCUT2D eigenvalue weighted by atomic mass is 32.2. The lowest BCUT2D eigenvalue weighted by molar-refractivity contribution is 0.0949. The fourth-order valence-electron chi connectivity index (χ4n) is 1.27. The molecule has 1 aromatic heterocycles. The van der Waals surface area contributed by atoms with Crippen LogP contribution in [0.1, 0.15) is 29.4 Å². The van der Waals surface area contributed by atoms with Crippen LogP contribution < -0.4 is 5.32 Å². The third kappa shape index (κ3) is 5.51. The molecule has 1 amide bonds. The topological polar surface area (TPSA) is 79.3 Å². The SMILES string of the molecule is CC(CNC(=O)c1ccc(C#CCCO)cn1)S(C)=O. The zero-order valence-corrected chi connectivity index (χ0v) is 12.4. The zero-order valence-electron chi connectivity index (χ0n) is 11.5. The van der Waals surface area contributed by atoms with Gasteiger partial charge >= 0.3 is 0 Å². The van der Waals surface area contributed by atoms with Crippen LogP contribution in [0.4, 0.5) is 0 Å². The standard InChI is InChI=1S/C14H18N2O3S/c1-11(20(2)19)9-16-14(18)13-7-6-12(10-15-13)5-3-4-8-17/h6-7,10-11,17H,4,8-9H2,1-2H3,(H,16,18). The van der Waals surface area contributed by atoms with Crippen LogP contribution in [0.3, 0.4) is 0 Å². The van der Waals surface area contributed by atoms with Crippen molar-refractivity contribution in [3.05, 3.63) is 29.6 Å². The quantitative estimate of drug-likeness (QED) is 0.766. The average Bonchev–Trinajstić information content (AvgIpc) is 2.45. The van der Waals surface area contributed by atoms with E-state index < -0.39 is 10.8 Å². The number of aliphatic hydroxyl groups excluding tert-OH is 1. The maximum atomic E-state index is 11.8. The first-order chi connectivity index (χ1) is 9.54. The van der Waals surface area contributed by atoms with E-state index in [1.165, 1.54) is 6.20 Å². The molecule has 0 radical (unpaired) electrons. The number of aromatic nitrogens is 1. The summed E-state index contributed by atoms with van der Waals surface area (Å²) in [7, 11) is -0.965. The number of nitrogens with zero attached hydrogens (tertiary/aromatic N) is 1. The second-order valence-electron chi connectivity index (χ2n) is 4.23. The molecule has 0 aromatic carbocycles. The fourth-order valence-corrected chi connectivity index (χ4v) is 1.58. The molecule has 0 aliphatic carbocycles. The molecule has 1 aromatic rings. The van der Waals surface area contributed by atoms with Crippen molar-refractivity contribution in [2.75, 3.05) is 19.4 Å². The molecule has 0 saturated heterocycles. The van der Waals surface area contributed by atoms with Gasteiger partial charge in [-0.15, -0.1) is 0 Å². The molecule has 0 aliphatic heterocycles. The number of rotatable bonds is 5. The summed E-state index contributed by atoms with van der Waals surface area (Å²) in [4.78, 5) is 15.8. The molecule has 2 unspecified atom stereocenters. The van der Waals surface area contributed by atoms with Crippen molar-refractivity contribution in [3.63, 3.8) is 0 Å². The Bertz CT molecular complexity index is 532. The minimum atomic E-state index is -0.965. The summed E-state index contributed by atoms with van der Waals surface area (Å²) in [5.74, 6) is 5.32. The van der Waals surface area contributed by atoms with Crippen LogP contribution in [-0.4, -0.2) is 44.9 Å². The Kier molecular flexibility index (Phi) is 6.91. The fraction of sp³-hybridized carbons (Fsp3) is 0.429. The molecule has 1 rings (SSSR count). The Hall–Kier alpha value is -1.71. The predicted octanol–water partition coefficient (Wildman–Crippen LogP) is 0.312. The van der Waals surface area contributed by atoms with E-state index in [-0.39, 0.29) is 17.8 Å². The molecule has 0 aliphatic rings. The summed E-state index contributed by atoms with van der Waals surface area (Å²) in [6, 6.07) is 3.29. The molecule has 0 fully saturated rings. The number of hydrogen-bond donors (Lipinski definition) is 2. The van der Waals surface area contributed by atoms with E-state index in [1.807, 2.05) is 6.92 Å². The van der Waals surface area contributed by atoms with Crippen molar-refractivity contribution in [2.24, 2.45) is 0 Å². The predicted molar refractivity (Wildman–Crippen MR) is 78.7 cm³/mol. The minimum Gasteiger partial charge on any atom is -0.395 e. The molecule has 1 heterocycles. The van der Waals surface area contributed by atoms with Crippen molar-refractivity contribution in [1.82, 2.24) is 10.3 Å². The van der Waals surface area contributed by atoms with Gasteiger partial charge in [0, 0.05) is 47.0 Å². The summed E-state index contributed by atoms with van der Waals surface area (Å²) in [6.07, 6.45) is 3.53. The number of pyridine rings is 1. The van der Waals surface area contributed by atoms with Crippen LogP contribution in [0.2, 0.25) is 0 Å². The normalized spacial score (nSPS) is 12.9. The van der Waals surface area contributed by atoms with Crippen LogP contribution in [0.25, 0.3) is 0 Å². The third-order valence-corrected chi connectivity index (χ3v) is 3.88. The molecule has 2 atom stereocenters. The maximum absolute atomic E-state index is 11.8. The molecule has 5 nitrogen and oxygen atoms in total. The summed E-state index contributed by atoms with van der Waals surface area (Å²) < 4.78 is 11.2. The second-order valence-corrected chi connectivity index (χ2v) is 6.03. The van der Waals surface area contributed by atoms with Crippen molar-refractivity contribution in [1.29, 1.82) is 0 Å². The van der Waals surface area contributed by atoms with Crippen molar-refractivity contribution < 1.29 is 14.1 Å². The van der Waals surface area contributed by atoms with Gasteiger partial charge in [0.15, 0.2) is 0 Å². The van der Waals surface area contributed by atoms with E-state index in [1.54, 1.807) is 18.4 Å². The van der Waals surface area contributed by atoms with E-state index in [0.29, 0.717) is 24.2 Å². The van der Waals surface area contributed by atoms with Crippen molar-refractivity contribution >= 4 is 16.7 Å². The highest BCUT2D eigenvalue weighted by molar-refractivity contribution is 7.84. The molecule has 0 spiro atoms. The summed E-state index contributed by atoms with van der Waals surface area (Å²) >= 11 is 0. The molecule has 2 N–H and O–H groups in total. The van der Waals surface area contributed by atoms with Gasteiger partial charge in [-0.25, -0.2) is 4.98 Å². The van der Waals surface area contributed by atoms with E-state index in [9.17, 15) is 9.00 Å². The molecule has 6 heteroatoms. The lowest BCUT2D eigenvalue weighted by atomic mass is 10.2. The van der Waals surface area contributed by atoms with Crippen molar-refractivity contribution in [2.45, 2.75) is 18.6 Å². The Labute approximate surface area is 121 Å².